The van der Waals surface area contributed by atoms with Crippen LogP contribution in [0.2, 0.25) is 0 Å². The number of hydrogen-bond acceptors (Lipinski definition) is 5. The topological polar surface area (TPSA) is 96.9 Å². The number of carbonyl (C=O) groups excluding carboxylic acids is 2. The molecule has 3 aromatic rings. The molecular weight excluding hydrogens is 408 g/mol. The van der Waals surface area contributed by atoms with E-state index in [9.17, 15) is 14.7 Å². The Kier molecular flexibility index (Phi) is 7.48. The Hall–Kier alpha value is -4.26. The Bertz CT molecular complexity index is 1130. The third kappa shape index (κ3) is 5.89. The van der Waals surface area contributed by atoms with Crippen LogP contribution in [0.5, 0.6) is 17.2 Å². The van der Waals surface area contributed by atoms with Crippen molar-refractivity contribution in [2.24, 2.45) is 0 Å². The van der Waals surface area contributed by atoms with E-state index in [0.29, 0.717) is 34.9 Å². The molecule has 164 valence electrons. The van der Waals surface area contributed by atoms with E-state index in [1.54, 1.807) is 73.8 Å². The number of carbonyl (C=O) groups is 2. The Labute approximate surface area is 186 Å². The number of ether oxygens (including phenoxy) is 2. The predicted molar refractivity (Wildman–Crippen MR) is 123 cm³/mol. The minimum atomic E-state index is -0.548. The highest BCUT2D eigenvalue weighted by Crippen LogP contribution is 2.29. The summed E-state index contributed by atoms with van der Waals surface area (Å²) in [5.41, 5.74) is 1.45. The Morgan fingerprint density at radius 1 is 0.969 bits per heavy atom. The molecule has 0 saturated carbocycles. The number of rotatable bonds is 8. The van der Waals surface area contributed by atoms with Gasteiger partial charge in [0.25, 0.3) is 11.8 Å². The molecule has 3 rings (SSSR count). The molecule has 7 heteroatoms. The first kappa shape index (κ1) is 22.4. The molecule has 0 spiro atoms. The van der Waals surface area contributed by atoms with Crippen LogP contribution >= 0.6 is 0 Å². The van der Waals surface area contributed by atoms with Crippen LogP contribution in [0.15, 0.2) is 78.5 Å². The molecule has 0 saturated heterocycles. The summed E-state index contributed by atoms with van der Waals surface area (Å²) >= 11 is 0. The second-order valence-electron chi connectivity index (χ2n) is 6.73. The van der Waals surface area contributed by atoms with Gasteiger partial charge >= 0.3 is 0 Å². The first-order valence-electron chi connectivity index (χ1n) is 9.99. The van der Waals surface area contributed by atoms with E-state index >= 15 is 0 Å². The van der Waals surface area contributed by atoms with Gasteiger partial charge in [-0.25, -0.2) is 0 Å². The van der Waals surface area contributed by atoms with Crippen LogP contribution in [0.1, 0.15) is 22.8 Å². The Balaban J connectivity index is 1.94. The monoisotopic (exact) mass is 432 g/mol. The minimum absolute atomic E-state index is 0.0122. The SMILES string of the molecule is CCOc1cc(C=C(NC(=O)c2ccccc2)C(=O)Nc2cccc(O)c2)ccc1OC. The molecular formula is C25H24N2O5. The molecule has 0 atom stereocenters. The van der Waals surface area contributed by atoms with Crippen molar-refractivity contribution in [1.82, 2.24) is 5.32 Å². The molecule has 0 aromatic heterocycles. The second kappa shape index (κ2) is 10.7. The Morgan fingerprint density at radius 3 is 2.44 bits per heavy atom. The quantitative estimate of drug-likeness (QED) is 0.464. The van der Waals surface area contributed by atoms with E-state index in [1.807, 2.05) is 6.92 Å². The van der Waals surface area contributed by atoms with Gasteiger partial charge in [-0.05, 0) is 55.0 Å². The van der Waals surface area contributed by atoms with Crippen molar-refractivity contribution in [1.29, 1.82) is 0 Å². The highest BCUT2D eigenvalue weighted by atomic mass is 16.5. The number of phenolic OH excluding ortho intramolecular Hbond substituents is 1. The van der Waals surface area contributed by atoms with Gasteiger partial charge in [-0.15, -0.1) is 0 Å². The molecule has 0 heterocycles. The zero-order chi connectivity index (χ0) is 22.9. The number of anilines is 1. The summed E-state index contributed by atoms with van der Waals surface area (Å²) in [6.45, 7) is 2.30. The minimum Gasteiger partial charge on any atom is -0.508 e. The van der Waals surface area contributed by atoms with Gasteiger partial charge in [-0.3, -0.25) is 9.59 Å². The number of aromatic hydroxyl groups is 1. The van der Waals surface area contributed by atoms with Crippen molar-refractivity contribution in [2.75, 3.05) is 19.0 Å². The molecule has 0 aliphatic carbocycles. The Morgan fingerprint density at radius 2 is 1.75 bits per heavy atom. The van der Waals surface area contributed by atoms with Gasteiger partial charge in [0, 0.05) is 17.3 Å². The van der Waals surface area contributed by atoms with E-state index in [4.69, 9.17) is 9.47 Å². The molecule has 2 amide bonds. The third-order valence-corrected chi connectivity index (χ3v) is 4.43. The number of benzene rings is 3. The van der Waals surface area contributed by atoms with E-state index in [1.165, 1.54) is 12.1 Å². The van der Waals surface area contributed by atoms with Crippen molar-refractivity contribution in [3.8, 4) is 17.2 Å². The summed E-state index contributed by atoms with van der Waals surface area (Å²) in [6, 6.07) is 19.9. The molecule has 0 fully saturated rings. The lowest BCUT2D eigenvalue weighted by Crippen LogP contribution is -2.30. The zero-order valence-corrected chi connectivity index (χ0v) is 17.8. The molecule has 0 aliphatic heterocycles. The first-order valence-corrected chi connectivity index (χ1v) is 9.99. The largest absolute Gasteiger partial charge is 0.508 e. The van der Waals surface area contributed by atoms with Gasteiger partial charge in [0.05, 0.1) is 13.7 Å². The smallest absolute Gasteiger partial charge is 0.272 e. The second-order valence-corrected chi connectivity index (χ2v) is 6.73. The first-order chi connectivity index (χ1) is 15.5. The fourth-order valence-corrected chi connectivity index (χ4v) is 2.94. The number of methoxy groups -OCH3 is 1. The van der Waals surface area contributed by atoms with Crippen molar-refractivity contribution in [2.45, 2.75) is 6.92 Å². The fourth-order valence-electron chi connectivity index (χ4n) is 2.94. The highest BCUT2D eigenvalue weighted by molar-refractivity contribution is 6.10. The summed E-state index contributed by atoms with van der Waals surface area (Å²) in [5.74, 6) is 0.113. The normalized spacial score (nSPS) is 10.9. The van der Waals surface area contributed by atoms with E-state index in [2.05, 4.69) is 10.6 Å². The molecule has 3 N–H and O–H groups in total. The van der Waals surface area contributed by atoms with Crippen molar-refractivity contribution in [3.05, 3.63) is 89.6 Å². The number of hydrogen-bond donors (Lipinski definition) is 3. The summed E-state index contributed by atoms with van der Waals surface area (Å²) in [5, 5.41) is 15.0. The maximum absolute atomic E-state index is 13.0. The molecule has 32 heavy (non-hydrogen) atoms. The van der Waals surface area contributed by atoms with Crippen LogP contribution < -0.4 is 20.1 Å². The van der Waals surface area contributed by atoms with Crippen LogP contribution in [0.3, 0.4) is 0 Å². The maximum atomic E-state index is 13.0. The van der Waals surface area contributed by atoms with Gasteiger partial charge < -0.3 is 25.2 Å². The standard InChI is InChI=1S/C25H24N2O5/c1-3-32-23-15-17(12-13-22(23)31-2)14-21(27-24(29)18-8-5-4-6-9-18)25(30)26-19-10-7-11-20(28)16-19/h4-16,28H,3H2,1-2H3,(H,26,30)(H,27,29). The molecule has 3 aromatic carbocycles. The molecule has 7 nitrogen and oxygen atoms in total. The van der Waals surface area contributed by atoms with Gasteiger partial charge in [0.1, 0.15) is 11.4 Å². The fraction of sp³-hybridized carbons (Fsp3) is 0.120. The summed E-state index contributed by atoms with van der Waals surface area (Å²) < 4.78 is 10.9. The van der Waals surface area contributed by atoms with E-state index in [0.717, 1.165) is 0 Å². The molecule has 0 radical (unpaired) electrons. The lowest BCUT2D eigenvalue weighted by molar-refractivity contribution is -0.113. The number of phenols is 1. The van der Waals surface area contributed by atoms with E-state index in [-0.39, 0.29) is 11.4 Å². The summed E-state index contributed by atoms with van der Waals surface area (Å²) in [7, 11) is 1.54. The van der Waals surface area contributed by atoms with Crippen LogP contribution in [0, 0.1) is 0 Å². The average Bonchev–Trinajstić information content (AvgIpc) is 2.79. The zero-order valence-electron chi connectivity index (χ0n) is 17.8. The summed E-state index contributed by atoms with van der Waals surface area (Å²) in [6.07, 6.45) is 1.54. The van der Waals surface area contributed by atoms with E-state index < -0.39 is 11.8 Å². The number of amides is 2. The highest BCUT2D eigenvalue weighted by Gasteiger charge is 2.16. The van der Waals surface area contributed by atoms with Gasteiger partial charge in [-0.1, -0.05) is 30.3 Å². The third-order valence-electron chi connectivity index (χ3n) is 4.43. The maximum Gasteiger partial charge on any atom is 0.272 e. The van der Waals surface area contributed by atoms with Crippen LogP contribution in [-0.4, -0.2) is 30.6 Å². The lowest BCUT2D eigenvalue weighted by Gasteiger charge is -2.13. The average molecular weight is 432 g/mol. The molecule has 0 aliphatic rings. The van der Waals surface area contributed by atoms with Crippen LogP contribution in [0.25, 0.3) is 6.08 Å². The van der Waals surface area contributed by atoms with Crippen LogP contribution in [-0.2, 0) is 4.79 Å². The van der Waals surface area contributed by atoms with Gasteiger partial charge in [0.15, 0.2) is 11.5 Å². The summed E-state index contributed by atoms with van der Waals surface area (Å²) in [4.78, 5) is 25.7. The van der Waals surface area contributed by atoms with Crippen LogP contribution in [0.4, 0.5) is 5.69 Å². The predicted octanol–water partition coefficient (Wildman–Crippen LogP) is 4.21. The number of nitrogens with one attached hydrogen (secondary N) is 2. The lowest BCUT2D eigenvalue weighted by atomic mass is 10.1. The van der Waals surface area contributed by atoms with Crippen molar-refractivity contribution in [3.63, 3.8) is 0 Å². The molecule has 0 unspecified atom stereocenters. The van der Waals surface area contributed by atoms with Crippen molar-refractivity contribution >= 4 is 23.6 Å². The van der Waals surface area contributed by atoms with Crippen molar-refractivity contribution < 1.29 is 24.2 Å². The van der Waals surface area contributed by atoms with Gasteiger partial charge in [-0.2, -0.15) is 0 Å². The molecule has 0 bridgehead atoms. The van der Waals surface area contributed by atoms with Gasteiger partial charge in [0.2, 0.25) is 0 Å².